The van der Waals surface area contributed by atoms with Crippen LogP contribution in [-0.2, 0) is 4.79 Å². The van der Waals surface area contributed by atoms with Crippen LogP contribution in [0.15, 0.2) is 33.2 Å². The highest BCUT2D eigenvalue weighted by molar-refractivity contribution is 9.10. The monoisotopic (exact) mass is 356 g/mol. The van der Waals surface area contributed by atoms with Gasteiger partial charge in [-0.15, -0.1) is 0 Å². The van der Waals surface area contributed by atoms with Gasteiger partial charge in [-0.25, -0.2) is 0 Å². The van der Waals surface area contributed by atoms with E-state index in [1.165, 1.54) is 12.5 Å². The highest BCUT2D eigenvalue weighted by atomic mass is 79.9. The third-order valence-electron chi connectivity index (χ3n) is 2.42. The van der Waals surface area contributed by atoms with Crippen LogP contribution in [0.3, 0.4) is 0 Å². The van der Waals surface area contributed by atoms with Gasteiger partial charge in [-0.05, 0) is 57.4 Å². The molecule has 0 N–H and O–H groups in total. The summed E-state index contributed by atoms with van der Waals surface area (Å²) in [6.07, 6.45) is 0. The van der Waals surface area contributed by atoms with Gasteiger partial charge in [0.2, 0.25) is 0 Å². The van der Waals surface area contributed by atoms with Crippen LogP contribution in [-0.4, -0.2) is 5.97 Å². The lowest BCUT2D eigenvalue weighted by molar-refractivity contribution is -0.131. The van der Waals surface area contributed by atoms with Gasteiger partial charge in [0, 0.05) is 11.4 Å². The van der Waals surface area contributed by atoms with Gasteiger partial charge in [-0.2, -0.15) is 0 Å². The summed E-state index contributed by atoms with van der Waals surface area (Å²) in [5, 5.41) is 2.13. The molecule has 2 aromatic rings. The van der Waals surface area contributed by atoms with E-state index in [-0.39, 0.29) is 5.97 Å². The van der Waals surface area contributed by atoms with Crippen molar-refractivity contribution in [2.75, 3.05) is 0 Å². The molecule has 0 radical (unpaired) electrons. The molecule has 0 heterocycles. The Morgan fingerprint density at radius 2 is 1.65 bits per heavy atom. The summed E-state index contributed by atoms with van der Waals surface area (Å²) >= 11 is 6.89. The number of ether oxygens (including phenoxy) is 1. The maximum Gasteiger partial charge on any atom is 0.308 e. The molecule has 17 heavy (non-hydrogen) atoms. The predicted octanol–water partition coefficient (Wildman–Crippen LogP) is 4.60. The molecule has 88 valence electrons. The van der Waals surface area contributed by atoms with Crippen LogP contribution in [0, 0.1) is 6.92 Å². The molecule has 2 rings (SSSR count). The minimum atomic E-state index is -0.323. The fourth-order valence-corrected chi connectivity index (χ4v) is 2.42. The Morgan fingerprint density at radius 3 is 2.29 bits per heavy atom. The van der Waals surface area contributed by atoms with Gasteiger partial charge in [-0.1, -0.05) is 22.0 Å². The molecule has 0 aliphatic rings. The van der Waals surface area contributed by atoms with Crippen molar-refractivity contribution in [2.45, 2.75) is 13.8 Å². The quantitative estimate of drug-likeness (QED) is 0.550. The number of halogens is 2. The number of hydrogen-bond acceptors (Lipinski definition) is 2. The Balaban J connectivity index is 2.63. The van der Waals surface area contributed by atoms with E-state index in [2.05, 4.69) is 37.9 Å². The van der Waals surface area contributed by atoms with Gasteiger partial charge in [0.05, 0.1) is 4.47 Å². The van der Waals surface area contributed by atoms with Crippen molar-refractivity contribution in [3.8, 4) is 5.75 Å². The lowest BCUT2D eigenvalue weighted by atomic mass is 10.1. The topological polar surface area (TPSA) is 26.3 Å². The van der Waals surface area contributed by atoms with Crippen LogP contribution in [0.4, 0.5) is 0 Å². The normalized spacial score (nSPS) is 10.6. The molecule has 0 fully saturated rings. The molecule has 0 unspecified atom stereocenters. The van der Waals surface area contributed by atoms with Crippen molar-refractivity contribution in [3.05, 3.63) is 38.8 Å². The van der Waals surface area contributed by atoms with Crippen molar-refractivity contribution in [3.63, 3.8) is 0 Å². The van der Waals surface area contributed by atoms with Crippen LogP contribution in [0.2, 0.25) is 0 Å². The van der Waals surface area contributed by atoms with Crippen LogP contribution in [0.1, 0.15) is 12.5 Å². The molecule has 2 nitrogen and oxygen atoms in total. The molecule has 0 aliphatic heterocycles. The van der Waals surface area contributed by atoms with Crippen molar-refractivity contribution >= 4 is 48.6 Å². The smallest absolute Gasteiger partial charge is 0.308 e. The Labute approximate surface area is 116 Å². The number of carbonyl (C=O) groups excluding carboxylic acids is 1. The summed E-state index contributed by atoms with van der Waals surface area (Å²) in [6, 6.07) is 7.91. The number of aryl methyl sites for hydroxylation is 1. The molecule has 2 aromatic carbocycles. The third-order valence-corrected chi connectivity index (χ3v) is 3.90. The molecule has 0 amide bonds. The second-order valence-electron chi connectivity index (χ2n) is 3.82. The zero-order valence-corrected chi connectivity index (χ0v) is 12.6. The number of rotatable bonds is 1. The van der Waals surface area contributed by atoms with E-state index in [1.807, 2.05) is 25.1 Å². The number of hydrogen-bond donors (Lipinski definition) is 0. The minimum absolute atomic E-state index is 0.323. The number of fused-ring (bicyclic) bond motifs is 1. The lowest BCUT2D eigenvalue weighted by Crippen LogP contribution is -2.01. The summed E-state index contributed by atoms with van der Waals surface area (Å²) in [7, 11) is 0. The second kappa shape index (κ2) is 4.78. The third kappa shape index (κ3) is 2.69. The van der Waals surface area contributed by atoms with Crippen LogP contribution < -0.4 is 4.74 Å². The van der Waals surface area contributed by atoms with Gasteiger partial charge < -0.3 is 4.74 Å². The first-order chi connectivity index (χ1) is 7.97. The van der Waals surface area contributed by atoms with Crippen LogP contribution in [0.25, 0.3) is 10.8 Å². The van der Waals surface area contributed by atoms with Crippen molar-refractivity contribution in [1.29, 1.82) is 0 Å². The van der Waals surface area contributed by atoms with E-state index < -0.39 is 0 Å². The summed E-state index contributed by atoms with van der Waals surface area (Å²) in [4.78, 5) is 11.0. The van der Waals surface area contributed by atoms with E-state index in [1.54, 1.807) is 0 Å². The van der Waals surface area contributed by atoms with Crippen LogP contribution >= 0.6 is 31.9 Å². The zero-order chi connectivity index (χ0) is 12.6. The summed E-state index contributed by atoms with van der Waals surface area (Å²) in [6.45, 7) is 3.43. The fraction of sp³-hybridized carbons (Fsp3) is 0.154. The molecule has 0 bridgehead atoms. The first-order valence-corrected chi connectivity index (χ1v) is 6.64. The number of carbonyl (C=O) groups is 1. The largest absolute Gasteiger partial charge is 0.425 e. The molecule has 0 saturated carbocycles. The van der Waals surface area contributed by atoms with Gasteiger partial charge in [0.15, 0.2) is 0 Å². The Morgan fingerprint density at radius 1 is 1.06 bits per heavy atom. The summed E-state index contributed by atoms with van der Waals surface area (Å²) < 4.78 is 6.94. The van der Waals surface area contributed by atoms with Gasteiger partial charge in [-0.3, -0.25) is 4.79 Å². The molecule has 0 aliphatic carbocycles. The highest BCUT2D eigenvalue weighted by Crippen LogP contribution is 2.33. The Bertz CT molecular complexity index is 606. The van der Waals surface area contributed by atoms with Gasteiger partial charge >= 0.3 is 5.97 Å². The fourth-order valence-electron chi connectivity index (χ4n) is 1.62. The van der Waals surface area contributed by atoms with E-state index in [0.29, 0.717) is 5.75 Å². The summed E-state index contributed by atoms with van der Waals surface area (Å²) in [5.74, 6) is 0.219. The van der Waals surface area contributed by atoms with Crippen LogP contribution in [0.5, 0.6) is 5.75 Å². The predicted molar refractivity (Wildman–Crippen MR) is 75.4 cm³/mol. The Hall–Kier alpha value is -0.870. The molecule has 0 spiro atoms. The maximum atomic E-state index is 11.0. The minimum Gasteiger partial charge on any atom is -0.425 e. The SMILES string of the molecule is CC(=O)Oc1cc2cc(Br)c(C)cc2cc1Br. The van der Waals surface area contributed by atoms with E-state index >= 15 is 0 Å². The van der Waals surface area contributed by atoms with Gasteiger partial charge in [0.25, 0.3) is 0 Å². The molecular weight excluding hydrogens is 348 g/mol. The average molecular weight is 358 g/mol. The molecule has 0 atom stereocenters. The van der Waals surface area contributed by atoms with Crippen molar-refractivity contribution in [2.24, 2.45) is 0 Å². The molecule has 0 aromatic heterocycles. The van der Waals surface area contributed by atoms with Gasteiger partial charge in [0.1, 0.15) is 5.75 Å². The van der Waals surface area contributed by atoms with Crippen molar-refractivity contribution in [1.82, 2.24) is 0 Å². The lowest BCUT2D eigenvalue weighted by Gasteiger charge is -2.08. The number of benzene rings is 2. The number of esters is 1. The molecule has 0 saturated heterocycles. The van der Waals surface area contributed by atoms with Crippen molar-refractivity contribution < 1.29 is 9.53 Å². The average Bonchev–Trinajstić information content (AvgIpc) is 2.22. The van der Waals surface area contributed by atoms with E-state index in [9.17, 15) is 4.79 Å². The maximum absolute atomic E-state index is 11.0. The first-order valence-electron chi connectivity index (χ1n) is 5.05. The van der Waals surface area contributed by atoms with E-state index in [0.717, 1.165) is 19.7 Å². The molecule has 4 heteroatoms. The zero-order valence-electron chi connectivity index (χ0n) is 9.38. The van der Waals surface area contributed by atoms with E-state index in [4.69, 9.17) is 4.74 Å². The highest BCUT2D eigenvalue weighted by Gasteiger charge is 2.07. The summed E-state index contributed by atoms with van der Waals surface area (Å²) in [5.41, 5.74) is 1.17. The standard InChI is InChI=1S/C13H10Br2O2/c1-7-3-9-5-12(15)13(17-8(2)16)6-10(9)4-11(7)14/h3-6H,1-2H3. The first kappa shape index (κ1) is 12.6. The second-order valence-corrected chi connectivity index (χ2v) is 5.53. The Kier molecular flexibility index (Phi) is 3.54. The molecular formula is C13H10Br2O2.